The Bertz CT molecular complexity index is 1310. The molecule has 0 fully saturated rings. The van der Waals surface area contributed by atoms with Crippen LogP contribution in [-0.4, -0.2) is 27.6 Å². The molecule has 2 heterocycles. The first-order valence-corrected chi connectivity index (χ1v) is 9.94. The van der Waals surface area contributed by atoms with E-state index < -0.39 is 5.91 Å². The molecule has 5 rings (SSSR count). The summed E-state index contributed by atoms with van der Waals surface area (Å²) < 4.78 is 5.26. The molecule has 1 aliphatic rings. The fourth-order valence-electron chi connectivity index (χ4n) is 3.62. The third-order valence-corrected chi connectivity index (χ3v) is 5.28. The number of amides is 3. The van der Waals surface area contributed by atoms with Crippen molar-refractivity contribution in [2.45, 2.75) is 6.54 Å². The predicted octanol–water partition coefficient (Wildman–Crippen LogP) is 4.39. The third kappa shape index (κ3) is 3.56. The van der Waals surface area contributed by atoms with Crippen LogP contribution < -0.4 is 5.32 Å². The molecule has 4 aromatic rings. The summed E-state index contributed by atoms with van der Waals surface area (Å²) in [5.41, 5.74) is 3.12. The summed E-state index contributed by atoms with van der Waals surface area (Å²) >= 11 is 0. The average Bonchev–Trinajstić information content (AvgIpc) is 3.44. The second-order valence-electron chi connectivity index (χ2n) is 7.34. The van der Waals surface area contributed by atoms with Gasteiger partial charge in [-0.3, -0.25) is 19.3 Å². The van der Waals surface area contributed by atoms with Gasteiger partial charge in [-0.15, -0.1) is 0 Å². The highest BCUT2D eigenvalue weighted by atomic mass is 16.3. The van der Waals surface area contributed by atoms with Crippen LogP contribution in [0.5, 0.6) is 0 Å². The monoisotopic (exact) mass is 423 g/mol. The maximum Gasteiger partial charge on any atom is 0.261 e. The highest BCUT2D eigenvalue weighted by Gasteiger charge is 2.36. The van der Waals surface area contributed by atoms with Crippen molar-refractivity contribution in [1.29, 1.82) is 0 Å². The van der Waals surface area contributed by atoms with E-state index in [0.29, 0.717) is 22.6 Å². The molecule has 3 aromatic carbocycles. The van der Waals surface area contributed by atoms with Crippen molar-refractivity contribution >= 4 is 23.4 Å². The molecule has 0 unspecified atom stereocenters. The van der Waals surface area contributed by atoms with E-state index in [0.717, 1.165) is 11.1 Å². The van der Waals surface area contributed by atoms with Gasteiger partial charge in [0.15, 0.2) is 12.2 Å². The van der Waals surface area contributed by atoms with Gasteiger partial charge in [0.25, 0.3) is 17.7 Å². The summed E-state index contributed by atoms with van der Waals surface area (Å²) in [6, 6.07) is 21.0. The molecule has 0 saturated carbocycles. The first-order valence-electron chi connectivity index (χ1n) is 9.94. The minimum absolute atomic E-state index is 0.187. The Balaban J connectivity index is 1.33. The standard InChI is InChI=1S/C25H17N3O4/c29-23(27-19-9-6-17(7-10-19)22-13-26-15-32-22)18-8-11-20-21(12-18)25(31)28(24(20)30)14-16-4-2-1-3-5-16/h1-13,15H,14H2,(H,27,29). The molecular weight excluding hydrogens is 406 g/mol. The van der Waals surface area contributed by atoms with Crippen LogP contribution in [0.25, 0.3) is 11.3 Å². The Hall–Kier alpha value is -4.52. The number of benzene rings is 3. The van der Waals surface area contributed by atoms with Crippen LogP contribution >= 0.6 is 0 Å². The predicted molar refractivity (Wildman–Crippen MR) is 117 cm³/mol. The highest BCUT2D eigenvalue weighted by Crippen LogP contribution is 2.26. The second-order valence-corrected chi connectivity index (χ2v) is 7.34. The summed E-state index contributed by atoms with van der Waals surface area (Å²) in [5, 5.41) is 2.80. The summed E-state index contributed by atoms with van der Waals surface area (Å²) in [6.07, 6.45) is 2.96. The number of aromatic nitrogens is 1. The van der Waals surface area contributed by atoms with Crippen molar-refractivity contribution in [3.8, 4) is 11.3 Å². The smallest absolute Gasteiger partial charge is 0.261 e. The van der Waals surface area contributed by atoms with Gasteiger partial charge in [-0.05, 0) is 48.0 Å². The number of fused-ring (bicyclic) bond motifs is 1. The van der Waals surface area contributed by atoms with Crippen molar-refractivity contribution in [2.75, 3.05) is 5.32 Å². The number of hydrogen-bond acceptors (Lipinski definition) is 5. The van der Waals surface area contributed by atoms with Crippen LogP contribution in [0, 0.1) is 0 Å². The van der Waals surface area contributed by atoms with E-state index in [1.807, 2.05) is 42.5 Å². The summed E-state index contributed by atoms with van der Waals surface area (Å²) in [6.45, 7) is 0.187. The number of carbonyl (C=O) groups excluding carboxylic acids is 3. The zero-order valence-electron chi connectivity index (χ0n) is 16.8. The molecule has 0 bridgehead atoms. The van der Waals surface area contributed by atoms with Gasteiger partial charge in [0.2, 0.25) is 0 Å². The van der Waals surface area contributed by atoms with Crippen LogP contribution in [0.1, 0.15) is 36.6 Å². The number of imide groups is 1. The normalized spacial score (nSPS) is 12.7. The molecule has 0 saturated heterocycles. The van der Waals surface area contributed by atoms with Gasteiger partial charge >= 0.3 is 0 Å². The van der Waals surface area contributed by atoms with Gasteiger partial charge in [-0.25, -0.2) is 4.98 Å². The van der Waals surface area contributed by atoms with Crippen molar-refractivity contribution in [3.05, 3.63) is 108 Å². The van der Waals surface area contributed by atoms with E-state index in [2.05, 4.69) is 10.3 Å². The van der Waals surface area contributed by atoms with E-state index in [4.69, 9.17) is 4.42 Å². The molecule has 3 amide bonds. The van der Waals surface area contributed by atoms with E-state index in [1.54, 1.807) is 24.4 Å². The maximum atomic E-state index is 12.9. The molecule has 0 aliphatic carbocycles. The van der Waals surface area contributed by atoms with Crippen LogP contribution in [0.4, 0.5) is 5.69 Å². The van der Waals surface area contributed by atoms with Gasteiger partial charge in [0.1, 0.15) is 0 Å². The van der Waals surface area contributed by atoms with Crippen LogP contribution in [0.2, 0.25) is 0 Å². The molecule has 0 spiro atoms. The lowest BCUT2D eigenvalue weighted by Crippen LogP contribution is -2.29. The summed E-state index contributed by atoms with van der Waals surface area (Å²) in [7, 11) is 0. The molecule has 1 N–H and O–H groups in total. The Morgan fingerprint density at radius 1 is 0.906 bits per heavy atom. The van der Waals surface area contributed by atoms with Crippen molar-refractivity contribution in [1.82, 2.24) is 9.88 Å². The van der Waals surface area contributed by atoms with Gasteiger partial charge < -0.3 is 9.73 Å². The first-order chi connectivity index (χ1) is 15.6. The number of anilines is 1. The SMILES string of the molecule is O=C(Nc1ccc(-c2cnco2)cc1)c1ccc2c(c1)C(=O)N(Cc1ccccc1)C2=O. The number of carbonyl (C=O) groups is 3. The quantitative estimate of drug-likeness (QED) is 0.481. The largest absolute Gasteiger partial charge is 0.444 e. The lowest BCUT2D eigenvalue weighted by Gasteiger charge is -2.13. The van der Waals surface area contributed by atoms with E-state index in [1.165, 1.54) is 23.4 Å². The van der Waals surface area contributed by atoms with Crippen molar-refractivity contribution < 1.29 is 18.8 Å². The van der Waals surface area contributed by atoms with Crippen LogP contribution in [-0.2, 0) is 6.54 Å². The molecule has 1 aromatic heterocycles. The second kappa shape index (κ2) is 7.96. The Kier molecular flexibility index (Phi) is 4.84. The van der Waals surface area contributed by atoms with Gasteiger partial charge in [-0.2, -0.15) is 0 Å². The molecule has 32 heavy (non-hydrogen) atoms. The number of oxazole rings is 1. The maximum absolute atomic E-state index is 12.9. The minimum atomic E-state index is -0.403. The lowest BCUT2D eigenvalue weighted by atomic mass is 10.1. The molecule has 1 aliphatic heterocycles. The van der Waals surface area contributed by atoms with Gasteiger partial charge in [-0.1, -0.05) is 30.3 Å². The fourth-order valence-corrected chi connectivity index (χ4v) is 3.62. The number of nitrogens with zero attached hydrogens (tertiary/aromatic N) is 2. The number of nitrogens with one attached hydrogen (secondary N) is 1. The van der Waals surface area contributed by atoms with Gasteiger partial charge in [0.05, 0.1) is 23.9 Å². The fraction of sp³-hybridized carbons (Fsp3) is 0.0400. The Labute approximate surface area is 183 Å². The topological polar surface area (TPSA) is 92.5 Å². The molecule has 156 valence electrons. The summed E-state index contributed by atoms with van der Waals surface area (Å²) in [5.74, 6) is -0.504. The number of hydrogen-bond donors (Lipinski definition) is 1. The van der Waals surface area contributed by atoms with E-state index >= 15 is 0 Å². The zero-order chi connectivity index (χ0) is 22.1. The minimum Gasteiger partial charge on any atom is -0.444 e. The molecule has 0 radical (unpaired) electrons. The highest BCUT2D eigenvalue weighted by molar-refractivity contribution is 6.22. The van der Waals surface area contributed by atoms with E-state index in [-0.39, 0.29) is 23.9 Å². The zero-order valence-corrected chi connectivity index (χ0v) is 16.8. The first kappa shape index (κ1) is 19.4. The van der Waals surface area contributed by atoms with Crippen LogP contribution in [0.3, 0.4) is 0 Å². The van der Waals surface area contributed by atoms with Crippen LogP contribution in [0.15, 0.2) is 89.8 Å². The molecule has 7 heteroatoms. The van der Waals surface area contributed by atoms with Crippen molar-refractivity contribution in [3.63, 3.8) is 0 Å². The van der Waals surface area contributed by atoms with Gasteiger partial charge in [0, 0.05) is 16.8 Å². The molecule has 0 atom stereocenters. The molecular formula is C25H17N3O4. The Morgan fingerprint density at radius 2 is 1.66 bits per heavy atom. The van der Waals surface area contributed by atoms with Crippen molar-refractivity contribution in [2.24, 2.45) is 0 Å². The summed E-state index contributed by atoms with van der Waals surface area (Å²) in [4.78, 5) is 43.4. The third-order valence-electron chi connectivity index (χ3n) is 5.28. The average molecular weight is 423 g/mol. The lowest BCUT2D eigenvalue weighted by molar-refractivity contribution is 0.0642. The van der Waals surface area contributed by atoms with E-state index in [9.17, 15) is 14.4 Å². The number of rotatable bonds is 5. The molecule has 7 nitrogen and oxygen atoms in total. The Morgan fingerprint density at radius 3 is 2.38 bits per heavy atom.